The molecule has 174 valence electrons. The molecule has 1 atom stereocenters. The number of carbonyl (C=O) groups excluding carboxylic acids is 2. The van der Waals surface area contributed by atoms with Crippen LogP contribution in [0.25, 0.3) is 0 Å². The van der Waals surface area contributed by atoms with E-state index in [4.69, 9.17) is 11.5 Å². The molecule has 7 N–H and O–H groups in total. The molecule has 1 aromatic heterocycles. The number of aromatic nitrogens is 2. The number of amides is 2. The van der Waals surface area contributed by atoms with Gasteiger partial charge in [0.2, 0.25) is 11.9 Å². The molecule has 2 aromatic rings. The molecule has 1 heterocycles. The Morgan fingerprint density at radius 3 is 2.22 bits per heavy atom. The molecule has 2 amide bonds. The van der Waals surface area contributed by atoms with E-state index in [1.54, 1.807) is 24.3 Å². The monoisotopic (exact) mass is 453 g/mol. The van der Waals surface area contributed by atoms with Crippen molar-refractivity contribution in [3.05, 3.63) is 36.0 Å². The number of hydrogen-bond acceptors (Lipinski definition) is 7. The molecule has 0 bridgehead atoms. The van der Waals surface area contributed by atoms with Crippen LogP contribution in [0.5, 0.6) is 0 Å². The molecule has 0 fully saturated rings. The Morgan fingerprint density at radius 1 is 1.06 bits per heavy atom. The van der Waals surface area contributed by atoms with Gasteiger partial charge in [-0.15, -0.1) is 0 Å². The SMILES string of the molecule is CC(C)CC[C@H](Nc1ccc(Nc2ncc(C(N)=O)c(NCC(F)(F)F)n2)cc1)C(N)=O. The van der Waals surface area contributed by atoms with Crippen molar-refractivity contribution in [1.82, 2.24) is 9.97 Å². The number of nitrogens with zero attached hydrogens (tertiary/aromatic N) is 2. The average molecular weight is 453 g/mol. The van der Waals surface area contributed by atoms with E-state index in [0.717, 1.165) is 12.6 Å². The summed E-state index contributed by atoms with van der Waals surface area (Å²) in [5.41, 5.74) is 11.6. The Morgan fingerprint density at radius 2 is 1.69 bits per heavy atom. The van der Waals surface area contributed by atoms with Crippen LogP contribution in [-0.4, -0.2) is 40.5 Å². The number of primary amides is 2. The van der Waals surface area contributed by atoms with Crippen molar-refractivity contribution in [2.45, 2.75) is 38.9 Å². The first-order valence-electron chi connectivity index (χ1n) is 9.85. The van der Waals surface area contributed by atoms with Crippen LogP contribution in [0, 0.1) is 5.92 Å². The maximum absolute atomic E-state index is 12.5. The van der Waals surface area contributed by atoms with E-state index in [1.807, 2.05) is 0 Å². The normalized spacial score (nSPS) is 12.3. The topological polar surface area (TPSA) is 148 Å². The molecule has 0 saturated heterocycles. The van der Waals surface area contributed by atoms with Gasteiger partial charge in [-0.25, -0.2) is 4.98 Å². The number of carbonyl (C=O) groups is 2. The fourth-order valence-electron chi connectivity index (χ4n) is 2.71. The van der Waals surface area contributed by atoms with Gasteiger partial charge in [0, 0.05) is 17.6 Å². The summed E-state index contributed by atoms with van der Waals surface area (Å²) in [5, 5.41) is 7.97. The predicted molar refractivity (Wildman–Crippen MR) is 115 cm³/mol. The number of rotatable bonds is 11. The molecular formula is C20H26F3N7O2. The molecule has 9 nitrogen and oxygen atoms in total. The third-order valence-corrected chi connectivity index (χ3v) is 4.37. The van der Waals surface area contributed by atoms with Crippen molar-refractivity contribution in [1.29, 1.82) is 0 Å². The van der Waals surface area contributed by atoms with E-state index in [1.165, 1.54) is 0 Å². The average Bonchev–Trinajstić information content (AvgIpc) is 2.69. The minimum Gasteiger partial charge on any atom is -0.374 e. The van der Waals surface area contributed by atoms with Gasteiger partial charge < -0.3 is 27.4 Å². The van der Waals surface area contributed by atoms with Crippen LogP contribution < -0.4 is 27.4 Å². The molecular weight excluding hydrogens is 427 g/mol. The van der Waals surface area contributed by atoms with Crippen LogP contribution in [0.4, 0.5) is 36.3 Å². The van der Waals surface area contributed by atoms with Gasteiger partial charge in [0.15, 0.2) is 0 Å². The summed E-state index contributed by atoms with van der Waals surface area (Å²) in [6, 6.07) is 6.22. The molecule has 1 aromatic carbocycles. The van der Waals surface area contributed by atoms with E-state index < -0.39 is 30.6 Å². The second kappa shape index (κ2) is 10.6. The number of nitrogens with two attached hydrogens (primary N) is 2. The second-order valence-corrected chi connectivity index (χ2v) is 7.56. The lowest BCUT2D eigenvalue weighted by molar-refractivity contribution is -0.119. The highest BCUT2D eigenvalue weighted by Crippen LogP contribution is 2.22. The van der Waals surface area contributed by atoms with Gasteiger partial charge in [-0.05, 0) is 43.0 Å². The summed E-state index contributed by atoms with van der Waals surface area (Å²) in [4.78, 5) is 30.9. The number of halogens is 3. The number of alkyl halides is 3. The van der Waals surface area contributed by atoms with Crippen LogP contribution >= 0.6 is 0 Å². The highest BCUT2D eigenvalue weighted by atomic mass is 19.4. The predicted octanol–water partition coefficient (Wildman–Crippen LogP) is 3.00. The van der Waals surface area contributed by atoms with E-state index in [-0.39, 0.29) is 17.3 Å². The van der Waals surface area contributed by atoms with Crippen LogP contribution in [0.15, 0.2) is 30.5 Å². The fourth-order valence-corrected chi connectivity index (χ4v) is 2.71. The lowest BCUT2D eigenvalue weighted by Crippen LogP contribution is -2.35. The smallest absolute Gasteiger partial charge is 0.374 e. The van der Waals surface area contributed by atoms with Gasteiger partial charge in [-0.2, -0.15) is 18.2 Å². The molecule has 0 saturated carbocycles. The van der Waals surface area contributed by atoms with Gasteiger partial charge in [0.25, 0.3) is 5.91 Å². The van der Waals surface area contributed by atoms with Crippen molar-refractivity contribution in [2.24, 2.45) is 17.4 Å². The molecule has 0 aliphatic carbocycles. The van der Waals surface area contributed by atoms with Crippen molar-refractivity contribution >= 4 is 35.0 Å². The Kier molecular flexibility index (Phi) is 8.21. The molecule has 2 rings (SSSR count). The zero-order chi connectivity index (χ0) is 23.9. The molecule has 0 aliphatic heterocycles. The van der Waals surface area contributed by atoms with Crippen molar-refractivity contribution < 1.29 is 22.8 Å². The van der Waals surface area contributed by atoms with Crippen molar-refractivity contribution in [3.63, 3.8) is 0 Å². The summed E-state index contributed by atoms with van der Waals surface area (Å²) >= 11 is 0. The van der Waals surface area contributed by atoms with Crippen LogP contribution in [-0.2, 0) is 4.79 Å². The highest BCUT2D eigenvalue weighted by molar-refractivity contribution is 5.97. The van der Waals surface area contributed by atoms with Crippen LogP contribution in [0.3, 0.4) is 0 Å². The number of nitrogens with one attached hydrogen (secondary N) is 3. The summed E-state index contributed by atoms with van der Waals surface area (Å²) in [6.45, 7) is 2.73. The standard InChI is InChI=1S/C20H26F3N7O2/c1-11(2)3-8-15(17(25)32)28-12-4-6-13(7-5-12)29-19-26-9-14(16(24)31)18(30-19)27-10-20(21,22)23/h4-7,9,11,15,28H,3,8,10H2,1-2H3,(H2,24,31)(H2,25,32)(H2,26,27,29,30)/t15-/m0/s1. The van der Waals surface area contributed by atoms with Gasteiger partial charge in [-0.1, -0.05) is 13.8 Å². The van der Waals surface area contributed by atoms with E-state index >= 15 is 0 Å². The van der Waals surface area contributed by atoms with E-state index in [2.05, 4.69) is 39.8 Å². The number of anilines is 4. The largest absolute Gasteiger partial charge is 0.405 e. The molecule has 0 radical (unpaired) electrons. The Labute approximate surface area is 183 Å². The molecule has 0 aliphatic rings. The summed E-state index contributed by atoms with van der Waals surface area (Å²) < 4.78 is 37.5. The zero-order valence-corrected chi connectivity index (χ0v) is 17.7. The maximum atomic E-state index is 12.5. The van der Waals surface area contributed by atoms with Crippen molar-refractivity contribution in [2.75, 3.05) is 22.5 Å². The summed E-state index contributed by atoms with van der Waals surface area (Å²) in [7, 11) is 0. The Bertz CT molecular complexity index is 934. The fraction of sp³-hybridized carbons (Fsp3) is 0.400. The molecule has 32 heavy (non-hydrogen) atoms. The zero-order valence-electron chi connectivity index (χ0n) is 17.7. The first-order valence-corrected chi connectivity index (χ1v) is 9.85. The summed E-state index contributed by atoms with van der Waals surface area (Å²) in [5.74, 6) is -1.35. The molecule has 0 unspecified atom stereocenters. The Hall–Kier alpha value is -3.57. The van der Waals surface area contributed by atoms with Gasteiger partial charge in [-0.3, -0.25) is 9.59 Å². The first-order chi connectivity index (χ1) is 14.9. The number of benzene rings is 1. The van der Waals surface area contributed by atoms with Gasteiger partial charge >= 0.3 is 6.18 Å². The minimum atomic E-state index is -4.51. The quantitative estimate of drug-likeness (QED) is 0.351. The van der Waals surface area contributed by atoms with E-state index in [9.17, 15) is 22.8 Å². The van der Waals surface area contributed by atoms with Crippen LogP contribution in [0.1, 0.15) is 37.0 Å². The molecule has 12 heteroatoms. The van der Waals surface area contributed by atoms with E-state index in [0.29, 0.717) is 23.7 Å². The lowest BCUT2D eigenvalue weighted by atomic mass is 10.0. The van der Waals surface area contributed by atoms with Crippen LogP contribution in [0.2, 0.25) is 0 Å². The highest BCUT2D eigenvalue weighted by Gasteiger charge is 2.28. The Balaban J connectivity index is 2.10. The molecule has 0 spiro atoms. The van der Waals surface area contributed by atoms with Gasteiger partial charge in [0.1, 0.15) is 18.4 Å². The second-order valence-electron chi connectivity index (χ2n) is 7.56. The number of hydrogen-bond donors (Lipinski definition) is 5. The first kappa shape index (κ1) is 24.7. The maximum Gasteiger partial charge on any atom is 0.405 e. The summed E-state index contributed by atoms with van der Waals surface area (Å²) in [6.07, 6.45) is -2.03. The van der Waals surface area contributed by atoms with Gasteiger partial charge in [0.05, 0.1) is 5.56 Å². The minimum absolute atomic E-state index is 0.0349. The third-order valence-electron chi connectivity index (χ3n) is 4.37. The third kappa shape index (κ3) is 7.93. The van der Waals surface area contributed by atoms with Crippen molar-refractivity contribution in [3.8, 4) is 0 Å². The lowest BCUT2D eigenvalue weighted by Gasteiger charge is -2.18.